The SMILES string of the molecule is CCS(=O)(=O)c1ccc(-c2nnc(NC(=O)Cc3ccc(-c4ccccc4)cc3)o2)cc1. The summed E-state index contributed by atoms with van der Waals surface area (Å²) < 4.78 is 29.3. The number of hydrogen-bond acceptors (Lipinski definition) is 6. The lowest BCUT2D eigenvalue weighted by atomic mass is 10.0. The van der Waals surface area contributed by atoms with E-state index in [0.29, 0.717) is 5.56 Å². The van der Waals surface area contributed by atoms with Crippen LogP contribution in [0.4, 0.5) is 6.01 Å². The predicted molar refractivity (Wildman–Crippen MR) is 122 cm³/mol. The van der Waals surface area contributed by atoms with Crippen LogP contribution in [0.25, 0.3) is 22.6 Å². The van der Waals surface area contributed by atoms with Crippen LogP contribution in [-0.2, 0) is 21.1 Å². The lowest BCUT2D eigenvalue weighted by molar-refractivity contribution is -0.115. The molecule has 0 unspecified atom stereocenters. The Hall–Kier alpha value is -3.78. The maximum absolute atomic E-state index is 12.4. The fourth-order valence-corrected chi connectivity index (χ4v) is 4.04. The molecule has 0 bridgehead atoms. The number of nitrogens with zero attached hydrogens (tertiary/aromatic N) is 2. The molecule has 1 heterocycles. The molecule has 3 aromatic carbocycles. The van der Waals surface area contributed by atoms with Crippen LogP contribution in [0.3, 0.4) is 0 Å². The number of nitrogens with one attached hydrogen (secondary N) is 1. The Morgan fingerprint density at radius 3 is 2.12 bits per heavy atom. The molecule has 7 nitrogen and oxygen atoms in total. The fourth-order valence-electron chi connectivity index (χ4n) is 3.16. The molecule has 0 saturated heterocycles. The first-order chi connectivity index (χ1) is 15.4. The van der Waals surface area contributed by atoms with Gasteiger partial charge in [-0.3, -0.25) is 10.1 Å². The summed E-state index contributed by atoms with van der Waals surface area (Å²) in [5.74, 6) is -0.0667. The molecule has 162 valence electrons. The molecule has 0 aliphatic carbocycles. The lowest BCUT2D eigenvalue weighted by Crippen LogP contribution is -2.14. The van der Waals surface area contributed by atoms with Gasteiger partial charge in [0, 0.05) is 5.56 Å². The van der Waals surface area contributed by atoms with Crippen LogP contribution in [0.1, 0.15) is 12.5 Å². The molecule has 32 heavy (non-hydrogen) atoms. The molecule has 0 aliphatic heterocycles. The summed E-state index contributed by atoms with van der Waals surface area (Å²) in [6.07, 6.45) is 0.163. The highest BCUT2D eigenvalue weighted by Crippen LogP contribution is 2.23. The van der Waals surface area contributed by atoms with Crippen LogP contribution >= 0.6 is 0 Å². The first kappa shape index (κ1) is 21.5. The van der Waals surface area contributed by atoms with E-state index in [0.717, 1.165) is 16.7 Å². The van der Waals surface area contributed by atoms with Gasteiger partial charge >= 0.3 is 6.01 Å². The van der Waals surface area contributed by atoms with Crippen molar-refractivity contribution in [1.82, 2.24) is 10.2 Å². The molecule has 4 aromatic rings. The maximum atomic E-state index is 12.4. The van der Waals surface area contributed by atoms with Gasteiger partial charge in [0.25, 0.3) is 0 Å². The molecule has 1 aromatic heterocycles. The second-order valence-electron chi connectivity index (χ2n) is 7.13. The third-order valence-electron chi connectivity index (χ3n) is 4.94. The average molecular weight is 448 g/mol. The Labute approximate surface area is 186 Å². The fraction of sp³-hybridized carbons (Fsp3) is 0.125. The van der Waals surface area contributed by atoms with Crippen molar-refractivity contribution in [3.05, 3.63) is 84.4 Å². The van der Waals surface area contributed by atoms with Gasteiger partial charge in [-0.2, -0.15) is 0 Å². The monoisotopic (exact) mass is 447 g/mol. The van der Waals surface area contributed by atoms with Gasteiger partial charge in [0.05, 0.1) is 17.1 Å². The van der Waals surface area contributed by atoms with Crippen molar-refractivity contribution >= 4 is 21.8 Å². The van der Waals surface area contributed by atoms with Crippen molar-refractivity contribution in [3.8, 4) is 22.6 Å². The third-order valence-corrected chi connectivity index (χ3v) is 6.69. The molecule has 1 amide bonds. The summed E-state index contributed by atoms with van der Waals surface area (Å²) in [6.45, 7) is 1.59. The van der Waals surface area contributed by atoms with Crippen molar-refractivity contribution in [2.24, 2.45) is 0 Å². The summed E-state index contributed by atoms with van der Waals surface area (Å²) in [4.78, 5) is 12.6. The van der Waals surface area contributed by atoms with Gasteiger partial charge in [-0.1, -0.05) is 66.6 Å². The average Bonchev–Trinajstić information content (AvgIpc) is 3.28. The van der Waals surface area contributed by atoms with Gasteiger partial charge in [0.15, 0.2) is 9.84 Å². The van der Waals surface area contributed by atoms with E-state index in [1.54, 1.807) is 19.1 Å². The van der Waals surface area contributed by atoms with Crippen molar-refractivity contribution in [3.63, 3.8) is 0 Å². The third kappa shape index (κ3) is 4.92. The number of aromatic nitrogens is 2. The Kier molecular flexibility index (Phi) is 6.13. The highest BCUT2D eigenvalue weighted by molar-refractivity contribution is 7.91. The quantitative estimate of drug-likeness (QED) is 0.451. The predicted octanol–water partition coefficient (Wildman–Crippen LogP) is 4.38. The molecular formula is C24H21N3O4S. The molecule has 1 N–H and O–H groups in total. The first-order valence-corrected chi connectivity index (χ1v) is 11.7. The molecule has 4 rings (SSSR count). The van der Waals surface area contributed by atoms with Crippen molar-refractivity contribution in [2.45, 2.75) is 18.2 Å². The van der Waals surface area contributed by atoms with E-state index in [9.17, 15) is 13.2 Å². The number of benzene rings is 3. The first-order valence-electron chi connectivity index (χ1n) is 10.1. The van der Waals surface area contributed by atoms with E-state index >= 15 is 0 Å². The normalized spacial score (nSPS) is 11.3. The molecule has 0 fully saturated rings. The van der Waals surface area contributed by atoms with Crippen LogP contribution < -0.4 is 5.32 Å². The number of sulfone groups is 1. The number of anilines is 1. The van der Waals surface area contributed by atoms with Gasteiger partial charge in [-0.25, -0.2) is 8.42 Å². The summed E-state index contributed by atoms with van der Waals surface area (Å²) in [6, 6.07) is 23.9. The van der Waals surface area contributed by atoms with Crippen LogP contribution in [0.5, 0.6) is 0 Å². The smallest absolute Gasteiger partial charge is 0.322 e. The van der Waals surface area contributed by atoms with Gasteiger partial charge in [-0.15, -0.1) is 5.10 Å². The minimum atomic E-state index is -3.28. The van der Waals surface area contributed by atoms with Crippen molar-refractivity contribution < 1.29 is 17.6 Å². The zero-order valence-electron chi connectivity index (χ0n) is 17.4. The largest absolute Gasteiger partial charge is 0.403 e. The van der Waals surface area contributed by atoms with Crippen molar-refractivity contribution in [1.29, 1.82) is 0 Å². The van der Waals surface area contributed by atoms with E-state index in [-0.39, 0.29) is 34.9 Å². The number of hydrogen-bond donors (Lipinski definition) is 1. The Morgan fingerprint density at radius 2 is 1.47 bits per heavy atom. The molecule has 8 heteroatoms. The van der Waals surface area contributed by atoms with E-state index in [1.165, 1.54) is 12.1 Å². The van der Waals surface area contributed by atoms with Gasteiger partial charge < -0.3 is 4.42 Å². The topological polar surface area (TPSA) is 102 Å². The summed E-state index contributed by atoms with van der Waals surface area (Å²) >= 11 is 0. The van der Waals surface area contributed by atoms with Crippen molar-refractivity contribution in [2.75, 3.05) is 11.1 Å². The van der Waals surface area contributed by atoms with Crippen LogP contribution in [0, 0.1) is 0 Å². The Morgan fingerprint density at radius 1 is 0.844 bits per heavy atom. The number of rotatable bonds is 7. The molecule has 0 aliphatic rings. The number of amides is 1. The second-order valence-corrected chi connectivity index (χ2v) is 9.41. The minimum Gasteiger partial charge on any atom is -0.403 e. The van der Waals surface area contributed by atoms with E-state index in [1.807, 2.05) is 54.6 Å². The molecule has 0 atom stereocenters. The number of carbonyl (C=O) groups is 1. The minimum absolute atomic E-state index is 0.0174. The van der Waals surface area contributed by atoms with E-state index in [4.69, 9.17) is 4.42 Å². The Balaban J connectivity index is 1.39. The summed E-state index contributed by atoms with van der Waals surface area (Å²) in [7, 11) is -3.28. The molecule has 0 spiro atoms. The standard InChI is InChI=1S/C24H21N3O4S/c1-2-32(29,30)21-14-12-20(13-15-21)23-26-27-24(31-23)25-22(28)16-17-8-10-19(11-9-17)18-6-4-3-5-7-18/h3-15H,2,16H2,1H3,(H,25,27,28). The summed E-state index contributed by atoms with van der Waals surface area (Å²) in [5.41, 5.74) is 3.61. The van der Waals surface area contributed by atoms with Gasteiger partial charge in [-0.05, 0) is 41.0 Å². The van der Waals surface area contributed by atoms with Crippen LogP contribution in [-0.4, -0.2) is 30.3 Å². The molecule has 0 radical (unpaired) electrons. The van der Waals surface area contributed by atoms with Gasteiger partial charge in [0.2, 0.25) is 11.8 Å². The van der Waals surface area contributed by atoms with Crippen LogP contribution in [0.2, 0.25) is 0 Å². The zero-order valence-corrected chi connectivity index (χ0v) is 18.2. The molecular weight excluding hydrogens is 426 g/mol. The van der Waals surface area contributed by atoms with E-state index < -0.39 is 9.84 Å². The lowest BCUT2D eigenvalue weighted by Gasteiger charge is -2.04. The van der Waals surface area contributed by atoms with Gasteiger partial charge in [0.1, 0.15) is 0 Å². The van der Waals surface area contributed by atoms with Crippen LogP contribution in [0.15, 0.2) is 88.2 Å². The zero-order chi connectivity index (χ0) is 22.6. The maximum Gasteiger partial charge on any atom is 0.322 e. The Bertz CT molecular complexity index is 1310. The highest BCUT2D eigenvalue weighted by Gasteiger charge is 2.15. The molecule has 0 saturated carbocycles. The number of carbonyl (C=O) groups excluding carboxylic acids is 1. The van der Waals surface area contributed by atoms with E-state index in [2.05, 4.69) is 15.5 Å². The highest BCUT2D eigenvalue weighted by atomic mass is 32.2. The second kappa shape index (κ2) is 9.15. The summed E-state index contributed by atoms with van der Waals surface area (Å²) in [5, 5.41) is 10.4.